The number of rotatable bonds is 1. The second-order valence-corrected chi connectivity index (χ2v) is 4.44. The van der Waals surface area contributed by atoms with Crippen molar-refractivity contribution in [3.8, 4) is 0 Å². The van der Waals surface area contributed by atoms with Crippen molar-refractivity contribution in [2.75, 3.05) is 6.61 Å². The average molecular weight is 172 g/mol. The summed E-state index contributed by atoms with van der Waals surface area (Å²) in [7, 11) is 0. The Morgan fingerprint density at radius 2 is 1.92 bits per heavy atom. The summed E-state index contributed by atoms with van der Waals surface area (Å²) in [5, 5.41) is 0. The third-order valence-corrected chi connectivity index (χ3v) is 2.55. The van der Waals surface area contributed by atoms with Gasteiger partial charge < -0.3 is 9.47 Å². The first kappa shape index (κ1) is 10.0. The van der Waals surface area contributed by atoms with Gasteiger partial charge in [-0.1, -0.05) is 13.8 Å². The SMILES string of the molecule is CC(C)C1COC(C)(C)OC1C. The minimum Gasteiger partial charge on any atom is -0.350 e. The van der Waals surface area contributed by atoms with Gasteiger partial charge in [-0.3, -0.25) is 0 Å². The van der Waals surface area contributed by atoms with Gasteiger partial charge in [0.25, 0.3) is 0 Å². The Labute approximate surface area is 75.2 Å². The van der Waals surface area contributed by atoms with Crippen LogP contribution < -0.4 is 0 Å². The number of hydrogen-bond acceptors (Lipinski definition) is 2. The van der Waals surface area contributed by atoms with Crippen molar-refractivity contribution in [2.24, 2.45) is 11.8 Å². The molecule has 0 aromatic rings. The second-order valence-electron chi connectivity index (χ2n) is 4.44. The molecule has 1 heterocycles. The Kier molecular flexibility index (Phi) is 2.79. The predicted octanol–water partition coefficient (Wildman–Crippen LogP) is 2.43. The molecular formula is C10H20O2. The standard InChI is InChI=1S/C10H20O2/c1-7(2)9-6-11-10(4,5)12-8(9)3/h7-9H,6H2,1-5H3. The highest BCUT2D eigenvalue weighted by molar-refractivity contribution is 4.76. The van der Waals surface area contributed by atoms with Crippen LogP contribution in [-0.4, -0.2) is 18.5 Å². The van der Waals surface area contributed by atoms with Gasteiger partial charge in [-0.05, 0) is 26.7 Å². The molecule has 1 aliphatic heterocycles. The molecule has 12 heavy (non-hydrogen) atoms. The van der Waals surface area contributed by atoms with Crippen LogP contribution in [-0.2, 0) is 9.47 Å². The van der Waals surface area contributed by atoms with Crippen molar-refractivity contribution in [2.45, 2.75) is 46.5 Å². The molecule has 0 bridgehead atoms. The summed E-state index contributed by atoms with van der Waals surface area (Å²) in [5.74, 6) is 0.791. The van der Waals surface area contributed by atoms with Gasteiger partial charge in [-0.15, -0.1) is 0 Å². The molecule has 0 aromatic heterocycles. The Morgan fingerprint density at radius 1 is 1.33 bits per heavy atom. The molecule has 1 fully saturated rings. The molecule has 2 unspecified atom stereocenters. The van der Waals surface area contributed by atoms with Gasteiger partial charge >= 0.3 is 0 Å². The van der Waals surface area contributed by atoms with E-state index in [0.717, 1.165) is 6.61 Å². The highest BCUT2D eigenvalue weighted by Gasteiger charge is 2.34. The Hall–Kier alpha value is -0.0800. The molecule has 2 atom stereocenters. The summed E-state index contributed by atoms with van der Waals surface area (Å²) in [6.45, 7) is 11.3. The van der Waals surface area contributed by atoms with Crippen LogP contribution in [0.5, 0.6) is 0 Å². The molecule has 0 N–H and O–H groups in total. The van der Waals surface area contributed by atoms with E-state index >= 15 is 0 Å². The maximum absolute atomic E-state index is 5.73. The van der Waals surface area contributed by atoms with E-state index in [-0.39, 0.29) is 5.79 Å². The number of ether oxygens (including phenoxy) is 2. The summed E-state index contributed by atoms with van der Waals surface area (Å²) in [4.78, 5) is 0. The first-order chi connectivity index (χ1) is 5.42. The lowest BCUT2D eigenvalue weighted by molar-refractivity contribution is -0.293. The lowest BCUT2D eigenvalue weighted by Crippen LogP contribution is -2.45. The molecule has 2 nitrogen and oxygen atoms in total. The molecule has 2 heteroatoms. The lowest BCUT2D eigenvalue weighted by atomic mass is 9.90. The monoisotopic (exact) mass is 172 g/mol. The molecule has 1 aliphatic rings. The van der Waals surface area contributed by atoms with E-state index in [4.69, 9.17) is 9.47 Å². The van der Waals surface area contributed by atoms with Crippen LogP contribution in [0.2, 0.25) is 0 Å². The van der Waals surface area contributed by atoms with E-state index < -0.39 is 0 Å². The van der Waals surface area contributed by atoms with Gasteiger partial charge in [0.15, 0.2) is 5.79 Å². The zero-order valence-corrected chi connectivity index (χ0v) is 8.76. The van der Waals surface area contributed by atoms with Crippen molar-refractivity contribution in [3.63, 3.8) is 0 Å². The molecule has 0 amide bonds. The first-order valence-electron chi connectivity index (χ1n) is 4.74. The van der Waals surface area contributed by atoms with Crippen LogP contribution in [0.25, 0.3) is 0 Å². The van der Waals surface area contributed by atoms with Crippen LogP contribution >= 0.6 is 0 Å². The third kappa shape index (κ3) is 2.20. The zero-order valence-electron chi connectivity index (χ0n) is 8.76. The van der Waals surface area contributed by atoms with E-state index in [1.807, 2.05) is 13.8 Å². The van der Waals surface area contributed by atoms with Gasteiger partial charge in [0.1, 0.15) is 0 Å². The van der Waals surface area contributed by atoms with E-state index in [1.54, 1.807) is 0 Å². The van der Waals surface area contributed by atoms with Gasteiger partial charge in [-0.2, -0.15) is 0 Å². The summed E-state index contributed by atoms with van der Waals surface area (Å²) in [6.07, 6.45) is 0.314. The van der Waals surface area contributed by atoms with Gasteiger partial charge in [0.05, 0.1) is 12.7 Å². The minimum absolute atomic E-state index is 0.314. The van der Waals surface area contributed by atoms with Crippen LogP contribution in [0.15, 0.2) is 0 Å². The van der Waals surface area contributed by atoms with Gasteiger partial charge in [-0.25, -0.2) is 0 Å². The van der Waals surface area contributed by atoms with E-state index in [0.29, 0.717) is 17.9 Å². The van der Waals surface area contributed by atoms with Crippen LogP contribution in [0.4, 0.5) is 0 Å². The Morgan fingerprint density at radius 3 is 2.33 bits per heavy atom. The van der Waals surface area contributed by atoms with Crippen molar-refractivity contribution in [1.29, 1.82) is 0 Å². The van der Waals surface area contributed by atoms with E-state index in [1.165, 1.54) is 0 Å². The van der Waals surface area contributed by atoms with Crippen molar-refractivity contribution in [3.05, 3.63) is 0 Å². The molecule has 0 spiro atoms. The number of hydrogen-bond donors (Lipinski definition) is 0. The molecular weight excluding hydrogens is 152 g/mol. The second kappa shape index (κ2) is 3.35. The topological polar surface area (TPSA) is 18.5 Å². The Balaban J connectivity index is 2.54. The molecule has 72 valence electrons. The summed E-state index contributed by atoms with van der Waals surface area (Å²) in [5.41, 5.74) is 0. The highest BCUT2D eigenvalue weighted by Crippen LogP contribution is 2.29. The van der Waals surface area contributed by atoms with Crippen LogP contribution in [0.1, 0.15) is 34.6 Å². The lowest BCUT2D eigenvalue weighted by Gasteiger charge is -2.41. The largest absolute Gasteiger partial charge is 0.350 e. The fourth-order valence-corrected chi connectivity index (χ4v) is 1.74. The minimum atomic E-state index is -0.384. The normalized spacial score (nSPS) is 35.5. The molecule has 1 rings (SSSR count). The van der Waals surface area contributed by atoms with Gasteiger partial charge in [0.2, 0.25) is 0 Å². The fourth-order valence-electron chi connectivity index (χ4n) is 1.74. The maximum atomic E-state index is 5.73. The molecule has 0 aromatic carbocycles. The molecule has 0 radical (unpaired) electrons. The maximum Gasteiger partial charge on any atom is 0.163 e. The molecule has 0 aliphatic carbocycles. The first-order valence-corrected chi connectivity index (χ1v) is 4.74. The quantitative estimate of drug-likeness (QED) is 0.604. The highest BCUT2D eigenvalue weighted by atomic mass is 16.7. The van der Waals surface area contributed by atoms with E-state index in [9.17, 15) is 0 Å². The van der Waals surface area contributed by atoms with Crippen LogP contribution in [0.3, 0.4) is 0 Å². The van der Waals surface area contributed by atoms with Gasteiger partial charge in [0, 0.05) is 5.92 Å². The summed E-state index contributed by atoms with van der Waals surface area (Å²) >= 11 is 0. The summed E-state index contributed by atoms with van der Waals surface area (Å²) < 4.78 is 11.3. The van der Waals surface area contributed by atoms with Crippen molar-refractivity contribution < 1.29 is 9.47 Å². The fraction of sp³-hybridized carbons (Fsp3) is 1.00. The average Bonchev–Trinajstić information content (AvgIpc) is 1.83. The van der Waals surface area contributed by atoms with Crippen LogP contribution in [0, 0.1) is 11.8 Å². The van der Waals surface area contributed by atoms with Crippen molar-refractivity contribution >= 4 is 0 Å². The predicted molar refractivity (Wildman–Crippen MR) is 48.9 cm³/mol. The molecule has 0 saturated carbocycles. The zero-order chi connectivity index (χ0) is 9.35. The third-order valence-electron chi connectivity index (χ3n) is 2.55. The summed E-state index contributed by atoms with van der Waals surface area (Å²) in [6, 6.07) is 0. The van der Waals surface area contributed by atoms with E-state index in [2.05, 4.69) is 20.8 Å². The Bertz CT molecular complexity index is 152. The smallest absolute Gasteiger partial charge is 0.163 e. The van der Waals surface area contributed by atoms with Crippen molar-refractivity contribution in [1.82, 2.24) is 0 Å². The molecule has 1 saturated heterocycles.